The van der Waals surface area contributed by atoms with Crippen LogP contribution in [0.3, 0.4) is 0 Å². The minimum atomic E-state index is -0.198. The predicted octanol–water partition coefficient (Wildman–Crippen LogP) is 1.19. The molecular weight excluding hydrogens is 276 g/mol. The number of rotatable bonds is 5. The summed E-state index contributed by atoms with van der Waals surface area (Å²) < 4.78 is 0.198. The molecule has 0 spiro atoms. The summed E-state index contributed by atoms with van der Waals surface area (Å²) in [6.45, 7) is 0.663. The highest BCUT2D eigenvalue weighted by Crippen LogP contribution is 2.42. The van der Waals surface area contributed by atoms with E-state index in [1.54, 1.807) is 12.1 Å². The Bertz CT molecular complexity index is 506. The summed E-state index contributed by atoms with van der Waals surface area (Å²) in [4.78, 5) is 16.0. The van der Waals surface area contributed by atoms with Gasteiger partial charge in [0.2, 0.25) is 0 Å². The van der Waals surface area contributed by atoms with Crippen LogP contribution in [0.4, 0.5) is 0 Å². The van der Waals surface area contributed by atoms with Gasteiger partial charge in [0.1, 0.15) is 5.69 Å². The first-order chi connectivity index (χ1) is 9.60. The molecule has 6 nitrogen and oxygen atoms in total. The van der Waals surface area contributed by atoms with E-state index in [2.05, 4.69) is 21.7 Å². The summed E-state index contributed by atoms with van der Waals surface area (Å²) in [7, 11) is 0. The smallest absolute Gasteiger partial charge is 0.269 e. The molecule has 1 amide bonds. The van der Waals surface area contributed by atoms with Gasteiger partial charge in [-0.2, -0.15) is 11.8 Å². The Balaban J connectivity index is 1.96. The van der Waals surface area contributed by atoms with Crippen molar-refractivity contribution in [1.82, 2.24) is 10.3 Å². The van der Waals surface area contributed by atoms with E-state index in [1.165, 1.54) is 12.6 Å². The number of hydrogen-bond donors (Lipinski definition) is 3. The van der Waals surface area contributed by atoms with Crippen LogP contribution in [-0.4, -0.2) is 39.5 Å². The summed E-state index contributed by atoms with van der Waals surface area (Å²) in [6, 6.07) is 3.17. The minimum absolute atomic E-state index is 0.0275. The van der Waals surface area contributed by atoms with Crippen molar-refractivity contribution in [3.63, 3.8) is 0 Å². The first-order valence-electron chi connectivity index (χ1n) is 6.37. The number of carbonyl (C=O) groups excluding carboxylic acids is 1. The molecule has 1 aliphatic rings. The van der Waals surface area contributed by atoms with Gasteiger partial charge in [-0.05, 0) is 31.2 Å². The molecule has 1 saturated carbocycles. The summed E-state index contributed by atoms with van der Waals surface area (Å²) in [5.74, 6) is -0.225. The van der Waals surface area contributed by atoms with Gasteiger partial charge in [-0.25, -0.2) is 0 Å². The third-order valence-corrected chi connectivity index (χ3v) is 5.09. The lowest BCUT2D eigenvalue weighted by Crippen LogP contribution is -2.45. The molecule has 1 aliphatic carbocycles. The van der Waals surface area contributed by atoms with Crippen LogP contribution in [0.5, 0.6) is 0 Å². The molecule has 1 heterocycles. The van der Waals surface area contributed by atoms with Gasteiger partial charge >= 0.3 is 0 Å². The zero-order valence-electron chi connectivity index (χ0n) is 11.3. The SMILES string of the molecule is CSC1(CNC(=O)c2ccc(/C(N)=N/O)cn2)CCC1. The standard InChI is InChI=1S/C13H18N4O2S/c1-20-13(5-2-6-13)8-16-12(18)10-4-3-9(7-15-10)11(14)17-19/h3-4,7,19H,2,5-6,8H2,1H3,(H2,14,17)(H,16,18). The van der Waals surface area contributed by atoms with E-state index in [0.29, 0.717) is 17.8 Å². The number of carbonyl (C=O) groups is 1. The maximum absolute atomic E-state index is 12.0. The van der Waals surface area contributed by atoms with Crippen molar-refractivity contribution >= 4 is 23.5 Å². The van der Waals surface area contributed by atoms with Crippen molar-refractivity contribution in [2.45, 2.75) is 24.0 Å². The molecule has 1 fully saturated rings. The average molecular weight is 294 g/mol. The molecule has 0 bridgehead atoms. The lowest BCUT2D eigenvalue weighted by molar-refractivity contribution is 0.0939. The molecule has 0 radical (unpaired) electrons. The van der Waals surface area contributed by atoms with Gasteiger partial charge in [0.25, 0.3) is 5.91 Å². The number of amides is 1. The largest absolute Gasteiger partial charge is 0.409 e. The van der Waals surface area contributed by atoms with Gasteiger partial charge < -0.3 is 16.3 Å². The van der Waals surface area contributed by atoms with Crippen molar-refractivity contribution in [2.75, 3.05) is 12.8 Å². The molecule has 4 N–H and O–H groups in total. The third-order valence-electron chi connectivity index (χ3n) is 3.67. The molecule has 1 aromatic rings. The number of thioether (sulfide) groups is 1. The van der Waals surface area contributed by atoms with E-state index in [4.69, 9.17) is 10.9 Å². The van der Waals surface area contributed by atoms with E-state index in [1.807, 2.05) is 11.8 Å². The quantitative estimate of drug-likeness (QED) is 0.328. The number of oxime groups is 1. The molecule has 0 aromatic carbocycles. The Labute approximate surface area is 121 Å². The van der Waals surface area contributed by atoms with Gasteiger partial charge in [-0.3, -0.25) is 9.78 Å². The Kier molecular flexibility index (Phi) is 4.49. The number of amidine groups is 1. The van der Waals surface area contributed by atoms with Crippen LogP contribution >= 0.6 is 11.8 Å². The van der Waals surface area contributed by atoms with Crippen LogP contribution in [0, 0.1) is 0 Å². The second kappa shape index (κ2) is 6.13. The normalized spacial score (nSPS) is 17.4. The van der Waals surface area contributed by atoms with E-state index in [0.717, 1.165) is 12.8 Å². The van der Waals surface area contributed by atoms with Crippen molar-refractivity contribution in [2.24, 2.45) is 10.9 Å². The second-order valence-corrected chi connectivity index (χ2v) is 6.11. The molecular formula is C13H18N4O2S. The van der Waals surface area contributed by atoms with E-state index in [9.17, 15) is 4.79 Å². The molecule has 0 aliphatic heterocycles. The predicted molar refractivity (Wildman–Crippen MR) is 79.2 cm³/mol. The molecule has 20 heavy (non-hydrogen) atoms. The van der Waals surface area contributed by atoms with Crippen molar-refractivity contribution in [3.05, 3.63) is 29.6 Å². The lowest BCUT2D eigenvalue weighted by Gasteiger charge is -2.40. The number of hydrogen-bond acceptors (Lipinski definition) is 5. The molecule has 108 valence electrons. The summed E-state index contributed by atoms with van der Waals surface area (Å²) >= 11 is 1.81. The van der Waals surface area contributed by atoms with Crippen molar-refractivity contribution in [3.8, 4) is 0 Å². The van der Waals surface area contributed by atoms with Gasteiger partial charge in [-0.15, -0.1) is 0 Å². The highest BCUT2D eigenvalue weighted by atomic mass is 32.2. The second-order valence-electron chi connectivity index (χ2n) is 4.84. The number of aromatic nitrogens is 1. The van der Waals surface area contributed by atoms with Crippen LogP contribution in [0.25, 0.3) is 0 Å². The summed E-state index contributed by atoms with van der Waals surface area (Å²) in [5.41, 5.74) is 6.24. The Morgan fingerprint density at radius 2 is 2.35 bits per heavy atom. The summed E-state index contributed by atoms with van der Waals surface area (Å²) in [5, 5.41) is 14.4. The first kappa shape index (κ1) is 14.6. The fourth-order valence-corrected chi connectivity index (χ4v) is 3.01. The number of nitrogens with two attached hydrogens (primary N) is 1. The molecule has 0 atom stereocenters. The van der Waals surface area contributed by atoms with Crippen LogP contribution in [0.15, 0.2) is 23.5 Å². The first-order valence-corrected chi connectivity index (χ1v) is 7.60. The fourth-order valence-electron chi connectivity index (χ4n) is 2.09. The molecule has 2 rings (SSSR count). The fraction of sp³-hybridized carbons (Fsp3) is 0.462. The van der Waals surface area contributed by atoms with Gasteiger partial charge in [-0.1, -0.05) is 11.6 Å². The van der Waals surface area contributed by atoms with Crippen molar-refractivity contribution in [1.29, 1.82) is 0 Å². The van der Waals surface area contributed by atoms with Crippen LogP contribution < -0.4 is 11.1 Å². The van der Waals surface area contributed by atoms with E-state index < -0.39 is 0 Å². The number of nitrogens with zero attached hydrogens (tertiary/aromatic N) is 2. The van der Waals surface area contributed by atoms with Crippen LogP contribution in [-0.2, 0) is 0 Å². The zero-order valence-corrected chi connectivity index (χ0v) is 12.1. The zero-order chi connectivity index (χ0) is 14.6. The van der Waals surface area contributed by atoms with Crippen LogP contribution in [0.1, 0.15) is 35.3 Å². The van der Waals surface area contributed by atoms with Crippen LogP contribution in [0.2, 0.25) is 0 Å². The average Bonchev–Trinajstić information content (AvgIpc) is 2.45. The van der Waals surface area contributed by atoms with Gasteiger partial charge in [0.05, 0.1) is 0 Å². The maximum Gasteiger partial charge on any atom is 0.269 e. The minimum Gasteiger partial charge on any atom is -0.409 e. The Morgan fingerprint density at radius 3 is 2.80 bits per heavy atom. The number of pyridine rings is 1. The van der Waals surface area contributed by atoms with Crippen molar-refractivity contribution < 1.29 is 10.0 Å². The monoisotopic (exact) mass is 294 g/mol. The summed E-state index contributed by atoms with van der Waals surface area (Å²) in [6.07, 6.45) is 7.01. The Morgan fingerprint density at radius 1 is 1.60 bits per heavy atom. The highest BCUT2D eigenvalue weighted by Gasteiger charge is 2.36. The van der Waals surface area contributed by atoms with E-state index >= 15 is 0 Å². The maximum atomic E-state index is 12.0. The van der Waals surface area contributed by atoms with Gasteiger partial charge in [0, 0.05) is 23.1 Å². The topological polar surface area (TPSA) is 101 Å². The highest BCUT2D eigenvalue weighted by molar-refractivity contribution is 8.00. The lowest BCUT2D eigenvalue weighted by atomic mass is 9.84. The molecule has 0 unspecified atom stereocenters. The Hall–Kier alpha value is -1.76. The third kappa shape index (κ3) is 3.04. The van der Waals surface area contributed by atoms with Gasteiger partial charge in [0.15, 0.2) is 5.84 Å². The molecule has 7 heteroatoms. The number of nitrogens with one attached hydrogen (secondary N) is 1. The molecule has 0 saturated heterocycles. The van der Waals surface area contributed by atoms with E-state index in [-0.39, 0.29) is 16.5 Å². The molecule has 1 aromatic heterocycles.